The SMILES string of the molecule is Cc1cccnc1.Cc1cccnc1.Cc1cccnc1.Cc1cccnc1.O.O.O=S(=O)([O-])c1ccc(O)cc1.O=S(=O)([O-])c1ccc(O)cc1.[Ag+].[Ag+]. The summed E-state index contributed by atoms with van der Waals surface area (Å²) in [6.45, 7) is 8.08. The second-order valence-electron chi connectivity index (χ2n) is 10.0. The van der Waals surface area contributed by atoms with Crippen LogP contribution in [0.2, 0.25) is 0 Å². The quantitative estimate of drug-likeness (QED) is 0.179. The summed E-state index contributed by atoms with van der Waals surface area (Å²) in [5, 5.41) is 17.5. The van der Waals surface area contributed by atoms with Crippen LogP contribution in [0.4, 0.5) is 0 Å². The van der Waals surface area contributed by atoms with Crippen molar-refractivity contribution in [3.05, 3.63) is 169 Å². The van der Waals surface area contributed by atoms with Crippen LogP contribution < -0.4 is 0 Å². The third-order valence-electron chi connectivity index (χ3n) is 5.49. The van der Waals surface area contributed by atoms with Gasteiger partial charge in [-0.2, -0.15) is 0 Å². The largest absolute Gasteiger partial charge is 1.00 e. The fraction of sp³-hybridized carbons (Fsp3) is 0.111. The van der Waals surface area contributed by atoms with Crippen molar-refractivity contribution in [1.29, 1.82) is 0 Å². The van der Waals surface area contributed by atoms with Crippen molar-refractivity contribution in [1.82, 2.24) is 19.9 Å². The zero-order valence-corrected chi connectivity index (χ0v) is 34.0. The predicted octanol–water partition coefficient (Wildman–Crippen LogP) is 4.50. The number of hydrogen-bond acceptors (Lipinski definition) is 12. The summed E-state index contributed by atoms with van der Waals surface area (Å²) in [7, 11) is -8.76. The number of benzene rings is 2. The van der Waals surface area contributed by atoms with Gasteiger partial charge >= 0.3 is 44.8 Å². The summed E-state index contributed by atoms with van der Waals surface area (Å²) in [6.07, 6.45) is 14.4. The van der Waals surface area contributed by atoms with E-state index in [1.54, 1.807) is 24.8 Å². The average molecular weight is 971 g/mol. The van der Waals surface area contributed by atoms with Crippen LogP contribution in [0.5, 0.6) is 11.5 Å². The normalized spacial score (nSPS) is 9.15. The minimum atomic E-state index is -4.38. The molecule has 6 aromatic rings. The molecule has 300 valence electrons. The van der Waals surface area contributed by atoms with Gasteiger partial charge in [-0.15, -0.1) is 0 Å². The number of pyridine rings is 4. The van der Waals surface area contributed by atoms with E-state index in [4.69, 9.17) is 10.2 Å². The summed E-state index contributed by atoms with van der Waals surface area (Å²) in [5.41, 5.74) is 4.84. The molecule has 6 N–H and O–H groups in total. The van der Waals surface area contributed by atoms with Crippen molar-refractivity contribution >= 4 is 20.2 Å². The van der Waals surface area contributed by atoms with Crippen molar-refractivity contribution in [2.24, 2.45) is 0 Å². The molecular formula is C36H42Ag2N4O10S2. The summed E-state index contributed by atoms with van der Waals surface area (Å²) in [5.74, 6) is -0.144. The van der Waals surface area contributed by atoms with Crippen LogP contribution in [0.3, 0.4) is 0 Å². The van der Waals surface area contributed by atoms with Gasteiger partial charge in [-0.3, -0.25) is 19.9 Å². The first-order valence-corrected chi connectivity index (χ1v) is 17.4. The van der Waals surface area contributed by atoms with E-state index in [1.165, 1.54) is 22.3 Å². The third kappa shape index (κ3) is 29.3. The van der Waals surface area contributed by atoms with Crippen molar-refractivity contribution in [2.45, 2.75) is 37.5 Å². The fourth-order valence-electron chi connectivity index (χ4n) is 3.02. The van der Waals surface area contributed by atoms with Crippen LogP contribution in [-0.2, 0) is 65.0 Å². The molecule has 0 aliphatic rings. The van der Waals surface area contributed by atoms with E-state index in [-0.39, 0.29) is 77.0 Å². The van der Waals surface area contributed by atoms with Gasteiger partial charge in [-0.1, -0.05) is 24.3 Å². The smallest absolute Gasteiger partial charge is 0.744 e. The van der Waals surface area contributed by atoms with Crippen LogP contribution in [-0.4, -0.2) is 67.0 Å². The molecule has 0 fully saturated rings. The summed E-state index contributed by atoms with van der Waals surface area (Å²) in [6, 6.07) is 24.6. The monoisotopic (exact) mass is 968 g/mol. The Hall–Kier alpha value is -4.14. The van der Waals surface area contributed by atoms with E-state index in [0.29, 0.717) is 0 Å². The molecule has 0 saturated heterocycles. The minimum absolute atomic E-state index is 0. The summed E-state index contributed by atoms with van der Waals surface area (Å²) >= 11 is 0. The van der Waals surface area contributed by atoms with Gasteiger partial charge in [0.2, 0.25) is 0 Å². The molecule has 0 spiro atoms. The molecule has 54 heavy (non-hydrogen) atoms. The Morgan fingerprint density at radius 3 is 0.741 bits per heavy atom. The van der Waals surface area contributed by atoms with Gasteiger partial charge < -0.3 is 30.3 Å². The standard InChI is InChI=1S/4C6H7N.2C6H6O4S.2Ag.2H2O/c4*1-6-3-2-4-7-5-6;2*7-5-1-3-6(4-2-5)11(8,9)10;;;;/h4*2-5H,1H3;2*1-4,7H,(H,8,9,10);;;2*1H2/q;;;;;;2*+1;;/p-2. The maximum absolute atomic E-state index is 10.3. The topological polar surface area (TPSA) is 269 Å². The fourth-order valence-corrected chi connectivity index (χ4v) is 3.96. The van der Waals surface area contributed by atoms with Gasteiger partial charge in [-0.05, 0) is 123 Å². The van der Waals surface area contributed by atoms with Gasteiger partial charge in [-0.25, -0.2) is 16.8 Å². The van der Waals surface area contributed by atoms with Gasteiger partial charge in [0.1, 0.15) is 31.7 Å². The Balaban J connectivity index is -0.000000277. The van der Waals surface area contributed by atoms with Crippen LogP contribution in [0.1, 0.15) is 22.3 Å². The van der Waals surface area contributed by atoms with Crippen molar-refractivity contribution < 1.29 is 91.9 Å². The average Bonchev–Trinajstić information content (AvgIpc) is 3.07. The number of phenolic OH excluding ortho intramolecular Hbond substituents is 2. The molecule has 0 bridgehead atoms. The molecule has 0 saturated carbocycles. The maximum Gasteiger partial charge on any atom is 1.00 e. The first-order valence-electron chi connectivity index (χ1n) is 14.5. The Bertz CT molecular complexity index is 1770. The predicted molar refractivity (Wildman–Crippen MR) is 195 cm³/mol. The van der Waals surface area contributed by atoms with E-state index >= 15 is 0 Å². The molecule has 0 atom stereocenters. The molecule has 0 aliphatic carbocycles. The second kappa shape index (κ2) is 31.2. The number of rotatable bonds is 2. The van der Waals surface area contributed by atoms with Crippen molar-refractivity contribution in [3.8, 4) is 11.5 Å². The van der Waals surface area contributed by atoms with Gasteiger partial charge in [0, 0.05) is 49.6 Å². The van der Waals surface area contributed by atoms with E-state index in [1.807, 2.05) is 101 Å². The number of hydrogen-bond donors (Lipinski definition) is 2. The van der Waals surface area contributed by atoms with Gasteiger partial charge in [0.05, 0.1) is 9.79 Å². The molecule has 14 nitrogen and oxygen atoms in total. The van der Waals surface area contributed by atoms with Crippen LogP contribution in [0.15, 0.2) is 156 Å². The number of aromatic hydroxyl groups is 2. The first-order chi connectivity index (χ1) is 23.6. The summed E-state index contributed by atoms with van der Waals surface area (Å²) in [4.78, 5) is 14.9. The Morgan fingerprint density at radius 1 is 0.426 bits per heavy atom. The van der Waals surface area contributed by atoms with Gasteiger partial charge in [0.15, 0.2) is 0 Å². The molecule has 18 heteroatoms. The maximum atomic E-state index is 10.3. The van der Waals surface area contributed by atoms with E-state index in [2.05, 4.69) is 19.9 Å². The second-order valence-corrected chi connectivity index (χ2v) is 12.8. The van der Waals surface area contributed by atoms with Gasteiger partial charge in [0.25, 0.3) is 0 Å². The van der Waals surface area contributed by atoms with Crippen molar-refractivity contribution in [3.63, 3.8) is 0 Å². The first kappa shape index (κ1) is 56.6. The van der Waals surface area contributed by atoms with Crippen LogP contribution in [0.25, 0.3) is 0 Å². The molecule has 0 amide bonds. The number of nitrogens with zero attached hydrogens (tertiary/aromatic N) is 4. The van der Waals surface area contributed by atoms with E-state index in [0.717, 1.165) is 48.5 Å². The third-order valence-corrected chi connectivity index (χ3v) is 7.19. The molecule has 2 aromatic carbocycles. The molecule has 0 unspecified atom stereocenters. The molecule has 4 heterocycles. The molecule has 0 aliphatic heterocycles. The van der Waals surface area contributed by atoms with Crippen molar-refractivity contribution in [2.75, 3.05) is 0 Å². The summed E-state index contributed by atoms with van der Waals surface area (Å²) < 4.78 is 61.8. The molecule has 6 rings (SSSR count). The zero-order chi connectivity index (χ0) is 37.4. The van der Waals surface area contributed by atoms with Crippen LogP contribution >= 0.6 is 0 Å². The minimum Gasteiger partial charge on any atom is -0.744 e. The Kier molecular flexibility index (Phi) is 32.7. The zero-order valence-electron chi connectivity index (χ0n) is 29.4. The van der Waals surface area contributed by atoms with Crippen LogP contribution in [0, 0.1) is 27.7 Å². The molecule has 0 radical (unpaired) electrons. The Morgan fingerprint density at radius 2 is 0.630 bits per heavy atom. The van der Waals surface area contributed by atoms with E-state index < -0.39 is 20.2 Å². The number of phenols is 2. The molecular weight excluding hydrogens is 928 g/mol. The van der Waals surface area contributed by atoms with E-state index in [9.17, 15) is 25.9 Å². The molecule has 4 aromatic heterocycles. The number of aryl methyl sites for hydroxylation is 4. The number of aromatic nitrogens is 4. The Labute approximate surface area is 347 Å².